The molecule has 1 aliphatic rings. The monoisotopic (exact) mass is 449 g/mol. The third kappa shape index (κ3) is 7.62. The molecule has 1 atom stereocenters. The minimum atomic E-state index is -0.488. The second-order valence-electron chi connectivity index (χ2n) is 8.45. The Balaban J connectivity index is 2.23. The second kappa shape index (κ2) is 12.4. The van der Waals surface area contributed by atoms with Gasteiger partial charge in [-0.25, -0.2) is 0 Å². The van der Waals surface area contributed by atoms with Crippen LogP contribution in [0, 0.1) is 0 Å². The Kier molecular flexibility index (Phi) is 9.95. The van der Waals surface area contributed by atoms with E-state index >= 15 is 0 Å². The first-order chi connectivity index (χ1) is 15.8. The molecule has 33 heavy (non-hydrogen) atoms. The molecule has 1 fully saturated rings. The maximum absolute atomic E-state index is 6.28. The van der Waals surface area contributed by atoms with E-state index in [0.717, 1.165) is 17.6 Å². The number of hydrogen-bond donors (Lipinski definition) is 0. The summed E-state index contributed by atoms with van der Waals surface area (Å²) in [5, 5.41) is 0. The average Bonchev–Trinajstić information content (AvgIpc) is 3.03. The van der Waals surface area contributed by atoms with Crippen LogP contribution in [0.3, 0.4) is 0 Å². The van der Waals surface area contributed by atoms with Gasteiger partial charge in [0.1, 0.15) is 13.2 Å². The van der Waals surface area contributed by atoms with E-state index < -0.39 is 18.3 Å². The van der Waals surface area contributed by atoms with Gasteiger partial charge in [0, 0.05) is 0 Å². The van der Waals surface area contributed by atoms with Crippen LogP contribution < -0.4 is 0 Å². The fourth-order valence-electron chi connectivity index (χ4n) is 3.35. The number of allylic oxidation sites excluding steroid dienone is 4. The summed E-state index contributed by atoms with van der Waals surface area (Å²) < 4.78 is 24.5. The summed E-state index contributed by atoms with van der Waals surface area (Å²) in [6.07, 6.45) is 9.77. The molecule has 1 aromatic carbocycles. The van der Waals surface area contributed by atoms with E-state index in [9.17, 15) is 0 Å². The van der Waals surface area contributed by atoms with Crippen LogP contribution in [0.15, 0.2) is 96.9 Å². The Morgan fingerprint density at radius 3 is 2.30 bits per heavy atom. The van der Waals surface area contributed by atoms with Crippen molar-refractivity contribution >= 4 is 13.0 Å². The first-order valence-corrected chi connectivity index (χ1v) is 11.3. The molecule has 1 heterocycles. The molecule has 0 aliphatic carbocycles. The van der Waals surface area contributed by atoms with Crippen LogP contribution in [0.4, 0.5) is 0 Å². The van der Waals surface area contributed by atoms with Crippen molar-refractivity contribution in [1.82, 2.24) is 0 Å². The lowest BCUT2D eigenvalue weighted by molar-refractivity contribution is -0.0118. The minimum absolute atomic E-state index is 0.287. The number of nitrogens with zero attached hydrogens (tertiary/aromatic N) is 1. The van der Waals surface area contributed by atoms with Crippen molar-refractivity contribution in [1.29, 1.82) is 0 Å². The zero-order chi connectivity index (χ0) is 24.3. The van der Waals surface area contributed by atoms with Gasteiger partial charge in [-0.1, -0.05) is 81.3 Å². The molecule has 1 aliphatic heterocycles. The minimum Gasteiger partial charge on any atom is -0.476 e. The van der Waals surface area contributed by atoms with Crippen molar-refractivity contribution in [3.63, 3.8) is 0 Å². The van der Waals surface area contributed by atoms with Crippen LogP contribution in [0.1, 0.15) is 39.7 Å². The Labute approximate surface area is 199 Å². The van der Waals surface area contributed by atoms with Gasteiger partial charge in [-0.15, -0.1) is 0 Å². The summed E-state index contributed by atoms with van der Waals surface area (Å²) in [6.45, 7) is 20.3. The summed E-state index contributed by atoms with van der Waals surface area (Å²) in [5.41, 5.74) is 1.08. The zero-order valence-electron chi connectivity index (χ0n) is 20.4. The molecule has 5 nitrogen and oxygen atoms in total. The average molecular weight is 449 g/mol. The highest BCUT2D eigenvalue weighted by atomic mass is 16.7. The Morgan fingerprint density at radius 1 is 1.03 bits per heavy atom. The van der Waals surface area contributed by atoms with Gasteiger partial charge in [0.2, 0.25) is 5.88 Å². The smallest absolute Gasteiger partial charge is 0.467 e. The fraction of sp³-hybridized carbons (Fsp3) is 0.370. The third-order valence-electron chi connectivity index (χ3n) is 5.83. The van der Waals surface area contributed by atoms with Crippen LogP contribution in [0.25, 0.3) is 0 Å². The van der Waals surface area contributed by atoms with E-state index in [2.05, 4.69) is 38.6 Å². The highest BCUT2D eigenvalue weighted by Crippen LogP contribution is 2.40. The highest BCUT2D eigenvalue weighted by Gasteiger charge is 2.53. The fourth-order valence-corrected chi connectivity index (χ4v) is 3.35. The SMILES string of the molecule is C=C/C=C(\C=C)CO/C(CB1OC(C)(C)C(C)(CC)O1)=N/C(=C\C=C)OCc1ccccc1. The van der Waals surface area contributed by atoms with Gasteiger partial charge in [0.15, 0.2) is 5.90 Å². The molecule has 0 bridgehead atoms. The van der Waals surface area contributed by atoms with E-state index in [0.29, 0.717) is 24.7 Å². The van der Waals surface area contributed by atoms with Gasteiger partial charge in [-0.05, 0) is 44.4 Å². The molecule has 176 valence electrons. The number of benzene rings is 1. The normalized spacial score (nSPS) is 21.0. The summed E-state index contributed by atoms with van der Waals surface area (Å²) >= 11 is 0. The zero-order valence-corrected chi connectivity index (χ0v) is 20.4. The van der Waals surface area contributed by atoms with Gasteiger partial charge < -0.3 is 18.8 Å². The van der Waals surface area contributed by atoms with Crippen molar-refractivity contribution in [2.75, 3.05) is 6.61 Å². The van der Waals surface area contributed by atoms with Crippen LogP contribution in [-0.2, 0) is 25.4 Å². The summed E-state index contributed by atoms with van der Waals surface area (Å²) in [7, 11) is -0.488. The molecule has 1 saturated heterocycles. The van der Waals surface area contributed by atoms with Crippen molar-refractivity contribution < 1.29 is 18.8 Å². The van der Waals surface area contributed by atoms with Gasteiger partial charge in [-0.2, -0.15) is 4.99 Å². The molecule has 0 N–H and O–H groups in total. The van der Waals surface area contributed by atoms with Crippen LogP contribution in [0.5, 0.6) is 0 Å². The molecule has 1 aromatic rings. The molecular weight excluding hydrogens is 413 g/mol. The predicted molar refractivity (Wildman–Crippen MR) is 137 cm³/mol. The first-order valence-electron chi connectivity index (χ1n) is 11.3. The molecular formula is C27H36BNO4. The largest absolute Gasteiger partial charge is 0.476 e. The van der Waals surface area contributed by atoms with Gasteiger partial charge >= 0.3 is 7.12 Å². The van der Waals surface area contributed by atoms with Gasteiger partial charge in [-0.3, -0.25) is 0 Å². The topological polar surface area (TPSA) is 49.3 Å². The molecule has 6 heteroatoms. The van der Waals surface area contributed by atoms with Crippen molar-refractivity contribution in [2.45, 2.75) is 58.2 Å². The second-order valence-corrected chi connectivity index (χ2v) is 8.45. The molecule has 0 radical (unpaired) electrons. The van der Waals surface area contributed by atoms with Crippen molar-refractivity contribution in [2.24, 2.45) is 4.99 Å². The van der Waals surface area contributed by atoms with Gasteiger partial charge in [0.05, 0.1) is 17.5 Å². The number of aliphatic imine (C=N–C) groups is 1. The maximum atomic E-state index is 6.28. The van der Waals surface area contributed by atoms with Crippen molar-refractivity contribution in [3.05, 3.63) is 97.5 Å². The third-order valence-corrected chi connectivity index (χ3v) is 5.83. The maximum Gasteiger partial charge on any atom is 0.467 e. The predicted octanol–water partition coefficient (Wildman–Crippen LogP) is 6.43. The standard InChI is InChI=1S/C27H36BNO4/c1-8-15-22(10-3)20-31-25(19-28-32-26(5,6)27(7,11-4)33-28)29-24(16-9-2)30-21-23-17-13-12-14-18-23/h8-10,12-18H,1-3,11,19-21H2,4-7H3/b22-15+,24-16+,29-25+. The van der Waals surface area contributed by atoms with E-state index in [1.165, 1.54) is 0 Å². The van der Waals surface area contributed by atoms with E-state index in [-0.39, 0.29) is 6.61 Å². The van der Waals surface area contributed by atoms with Gasteiger partial charge in [0.25, 0.3) is 0 Å². The Hall–Kier alpha value is -2.83. The summed E-state index contributed by atoms with van der Waals surface area (Å²) in [5.74, 6) is 0.835. The number of rotatable bonds is 12. The van der Waals surface area contributed by atoms with Crippen LogP contribution >= 0.6 is 0 Å². The van der Waals surface area contributed by atoms with E-state index in [4.69, 9.17) is 18.8 Å². The van der Waals surface area contributed by atoms with Crippen LogP contribution in [0.2, 0.25) is 6.32 Å². The van der Waals surface area contributed by atoms with E-state index in [1.807, 2.05) is 50.3 Å². The molecule has 2 rings (SSSR count). The molecule has 0 saturated carbocycles. The van der Waals surface area contributed by atoms with Crippen molar-refractivity contribution in [3.8, 4) is 0 Å². The molecule has 0 spiro atoms. The van der Waals surface area contributed by atoms with E-state index in [1.54, 1.807) is 24.3 Å². The summed E-state index contributed by atoms with van der Waals surface area (Å²) in [6, 6.07) is 9.90. The summed E-state index contributed by atoms with van der Waals surface area (Å²) in [4.78, 5) is 4.65. The molecule has 0 aromatic heterocycles. The Bertz CT molecular complexity index is 904. The van der Waals surface area contributed by atoms with Crippen LogP contribution in [-0.4, -0.2) is 30.8 Å². The number of hydrogen-bond acceptors (Lipinski definition) is 5. The highest BCUT2D eigenvalue weighted by molar-refractivity contribution is 6.50. The lowest BCUT2D eigenvalue weighted by Crippen LogP contribution is -2.44. The molecule has 1 unspecified atom stereocenters. The first kappa shape index (κ1) is 26.4. The number of ether oxygens (including phenoxy) is 2. The Morgan fingerprint density at radius 2 is 1.73 bits per heavy atom. The quantitative estimate of drug-likeness (QED) is 0.121. The lowest BCUT2D eigenvalue weighted by Gasteiger charge is -2.35. The lowest BCUT2D eigenvalue weighted by atomic mass is 9.84. The molecule has 0 amide bonds.